The number of carbonyl (C=O) groups is 3. The average molecular weight is 420 g/mol. The molecule has 0 aliphatic heterocycles. The first-order valence-corrected chi connectivity index (χ1v) is 9.59. The minimum absolute atomic E-state index is 0.125. The van der Waals surface area contributed by atoms with Gasteiger partial charge < -0.3 is 15.4 Å². The first kappa shape index (κ1) is 21.7. The molecule has 0 saturated carbocycles. The molecule has 3 aromatic carbocycles. The zero-order valence-electron chi connectivity index (χ0n) is 16.9. The van der Waals surface area contributed by atoms with Crippen LogP contribution in [-0.2, 0) is 22.6 Å². The number of hydrogen-bond acceptors (Lipinski definition) is 4. The molecule has 0 unspecified atom stereocenters. The van der Waals surface area contributed by atoms with Gasteiger partial charge >= 0.3 is 5.97 Å². The van der Waals surface area contributed by atoms with Crippen LogP contribution >= 0.6 is 0 Å². The molecule has 3 rings (SSSR count). The Hall–Kier alpha value is -4.00. The van der Waals surface area contributed by atoms with Gasteiger partial charge in [0.2, 0.25) is 5.91 Å². The van der Waals surface area contributed by atoms with Crippen LogP contribution in [0.5, 0.6) is 5.75 Å². The minimum atomic E-state index is -0.462. The SMILES string of the molecule is CC(=O)Oc1cccc(C(=O)NCc2cccc(NC(=O)Cc3ccc(F)cc3)c2)c1. The predicted molar refractivity (Wildman–Crippen MR) is 114 cm³/mol. The molecule has 6 nitrogen and oxygen atoms in total. The van der Waals surface area contributed by atoms with Crippen molar-refractivity contribution in [3.63, 3.8) is 0 Å². The van der Waals surface area contributed by atoms with Crippen LogP contribution in [0.25, 0.3) is 0 Å². The van der Waals surface area contributed by atoms with Crippen molar-refractivity contribution >= 4 is 23.5 Å². The molecule has 2 amide bonds. The van der Waals surface area contributed by atoms with E-state index < -0.39 is 5.97 Å². The van der Waals surface area contributed by atoms with Gasteiger partial charge in [0.05, 0.1) is 6.42 Å². The Morgan fingerprint density at radius 1 is 0.903 bits per heavy atom. The number of esters is 1. The topological polar surface area (TPSA) is 84.5 Å². The van der Waals surface area contributed by atoms with Gasteiger partial charge in [-0.2, -0.15) is 0 Å². The Balaban J connectivity index is 1.56. The number of nitrogens with one attached hydrogen (secondary N) is 2. The second-order valence-electron chi connectivity index (χ2n) is 6.86. The van der Waals surface area contributed by atoms with Gasteiger partial charge in [-0.05, 0) is 53.6 Å². The molecule has 3 aromatic rings. The van der Waals surface area contributed by atoms with Crippen molar-refractivity contribution < 1.29 is 23.5 Å². The van der Waals surface area contributed by atoms with E-state index in [1.807, 2.05) is 6.07 Å². The molecular formula is C24H21FN2O4. The quantitative estimate of drug-likeness (QED) is 0.449. The van der Waals surface area contributed by atoms with Crippen LogP contribution < -0.4 is 15.4 Å². The number of halogens is 1. The molecular weight excluding hydrogens is 399 g/mol. The monoisotopic (exact) mass is 420 g/mol. The molecule has 31 heavy (non-hydrogen) atoms. The molecule has 0 atom stereocenters. The highest BCUT2D eigenvalue weighted by Crippen LogP contribution is 2.15. The molecule has 0 radical (unpaired) electrons. The van der Waals surface area contributed by atoms with Gasteiger partial charge in [-0.15, -0.1) is 0 Å². The molecule has 0 fully saturated rings. The van der Waals surface area contributed by atoms with Gasteiger partial charge in [0, 0.05) is 24.7 Å². The highest BCUT2D eigenvalue weighted by Gasteiger charge is 2.09. The largest absolute Gasteiger partial charge is 0.427 e. The van der Waals surface area contributed by atoms with Crippen molar-refractivity contribution in [1.29, 1.82) is 0 Å². The summed E-state index contributed by atoms with van der Waals surface area (Å²) in [7, 11) is 0. The lowest BCUT2D eigenvalue weighted by molar-refractivity contribution is -0.131. The summed E-state index contributed by atoms with van der Waals surface area (Å²) in [5.41, 5.74) is 2.46. The Morgan fingerprint density at radius 2 is 1.65 bits per heavy atom. The standard InChI is InChI=1S/C24H21FN2O4/c1-16(28)31-22-7-3-5-19(14-22)24(30)26-15-18-4-2-6-21(12-18)27-23(29)13-17-8-10-20(25)11-9-17/h2-12,14H,13,15H2,1H3,(H,26,30)(H,27,29). The fraction of sp³-hybridized carbons (Fsp3) is 0.125. The van der Waals surface area contributed by atoms with Gasteiger partial charge in [-0.3, -0.25) is 14.4 Å². The normalized spacial score (nSPS) is 10.3. The molecule has 0 aromatic heterocycles. The van der Waals surface area contributed by atoms with Crippen LogP contribution in [0.3, 0.4) is 0 Å². The highest BCUT2D eigenvalue weighted by atomic mass is 19.1. The Kier molecular flexibility index (Phi) is 7.11. The summed E-state index contributed by atoms with van der Waals surface area (Å²) in [4.78, 5) is 35.7. The van der Waals surface area contributed by atoms with E-state index >= 15 is 0 Å². The van der Waals surface area contributed by atoms with E-state index in [2.05, 4.69) is 10.6 Å². The van der Waals surface area contributed by atoms with Gasteiger partial charge in [-0.25, -0.2) is 4.39 Å². The van der Waals surface area contributed by atoms with Crippen molar-refractivity contribution in [3.05, 3.63) is 95.3 Å². The smallest absolute Gasteiger partial charge is 0.308 e. The molecule has 158 valence electrons. The van der Waals surface area contributed by atoms with E-state index in [9.17, 15) is 18.8 Å². The second kappa shape index (κ2) is 10.2. The average Bonchev–Trinajstić information content (AvgIpc) is 2.73. The van der Waals surface area contributed by atoms with E-state index in [1.54, 1.807) is 48.5 Å². The molecule has 0 aliphatic rings. The molecule has 0 spiro atoms. The third-order valence-corrected chi connectivity index (χ3v) is 4.30. The number of hydrogen-bond donors (Lipinski definition) is 2. The Bertz CT molecular complexity index is 1100. The third kappa shape index (κ3) is 6.78. The Labute approximate surface area is 179 Å². The summed E-state index contributed by atoms with van der Waals surface area (Å²) in [6.07, 6.45) is 0.125. The van der Waals surface area contributed by atoms with Crippen molar-refractivity contribution in [2.75, 3.05) is 5.32 Å². The fourth-order valence-electron chi connectivity index (χ4n) is 2.90. The van der Waals surface area contributed by atoms with Crippen molar-refractivity contribution in [1.82, 2.24) is 5.32 Å². The molecule has 0 aliphatic carbocycles. The maximum Gasteiger partial charge on any atom is 0.308 e. The lowest BCUT2D eigenvalue weighted by Crippen LogP contribution is -2.23. The summed E-state index contributed by atoms with van der Waals surface area (Å²) in [5, 5.41) is 5.59. The molecule has 0 heterocycles. The van der Waals surface area contributed by atoms with Gasteiger partial charge in [0.1, 0.15) is 11.6 Å². The number of amides is 2. The first-order chi connectivity index (χ1) is 14.9. The number of anilines is 1. The fourth-order valence-corrected chi connectivity index (χ4v) is 2.90. The van der Waals surface area contributed by atoms with E-state index in [0.717, 1.165) is 5.56 Å². The van der Waals surface area contributed by atoms with Gasteiger partial charge in [0.25, 0.3) is 5.91 Å². The molecule has 7 heteroatoms. The van der Waals surface area contributed by atoms with Crippen LogP contribution in [0.2, 0.25) is 0 Å². The van der Waals surface area contributed by atoms with Crippen LogP contribution in [0.4, 0.5) is 10.1 Å². The molecule has 2 N–H and O–H groups in total. The summed E-state index contributed by atoms with van der Waals surface area (Å²) < 4.78 is 18.0. The zero-order chi connectivity index (χ0) is 22.2. The number of carbonyl (C=O) groups excluding carboxylic acids is 3. The summed E-state index contributed by atoms with van der Waals surface area (Å²) in [5.74, 6) is -1.06. The van der Waals surface area contributed by atoms with E-state index in [0.29, 0.717) is 22.6 Å². The van der Waals surface area contributed by atoms with Gasteiger partial charge in [0.15, 0.2) is 0 Å². The third-order valence-electron chi connectivity index (χ3n) is 4.30. The summed E-state index contributed by atoms with van der Waals surface area (Å²) in [6, 6.07) is 19.2. The summed E-state index contributed by atoms with van der Waals surface area (Å²) in [6.45, 7) is 1.54. The van der Waals surface area contributed by atoms with Crippen molar-refractivity contribution in [3.8, 4) is 5.75 Å². The van der Waals surface area contributed by atoms with Crippen molar-refractivity contribution in [2.45, 2.75) is 19.9 Å². The van der Waals surface area contributed by atoms with Gasteiger partial charge in [-0.1, -0.05) is 30.3 Å². The second-order valence-corrected chi connectivity index (χ2v) is 6.86. The maximum absolute atomic E-state index is 13.0. The van der Waals surface area contributed by atoms with Crippen LogP contribution in [0, 0.1) is 5.82 Å². The van der Waals surface area contributed by atoms with E-state index in [4.69, 9.17) is 4.74 Å². The lowest BCUT2D eigenvalue weighted by Gasteiger charge is -2.10. The molecule has 0 bridgehead atoms. The highest BCUT2D eigenvalue weighted by molar-refractivity contribution is 5.95. The lowest BCUT2D eigenvalue weighted by atomic mass is 10.1. The van der Waals surface area contributed by atoms with Crippen LogP contribution in [0.1, 0.15) is 28.4 Å². The van der Waals surface area contributed by atoms with Crippen LogP contribution in [-0.4, -0.2) is 17.8 Å². The molecule has 0 saturated heterocycles. The number of ether oxygens (including phenoxy) is 1. The predicted octanol–water partition coefficient (Wildman–Crippen LogP) is 3.86. The Morgan fingerprint density at radius 3 is 2.39 bits per heavy atom. The van der Waals surface area contributed by atoms with Crippen LogP contribution in [0.15, 0.2) is 72.8 Å². The minimum Gasteiger partial charge on any atom is -0.427 e. The van der Waals surface area contributed by atoms with E-state index in [-0.39, 0.29) is 30.6 Å². The number of rotatable bonds is 7. The summed E-state index contributed by atoms with van der Waals surface area (Å²) >= 11 is 0. The number of benzene rings is 3. The van der Waals surface area contributed by atoms with E-state index in [1.165, 1.54) is 25.1 Å². The maximum atomic E-state index is 13.0. The zero-order valence-corrected chi connectivity index (χ0v) is 16.9. The van der Waals surface area contributed by atoms with Crippen molar-refractivity contribution in [2.24, 2.45) is 0 Å². The first-order valence-electron chi connectivity index (χ1n) is 9.59.